The van der Waals surface area contributed by atoms with Gasteiger partial charge in [0.15, 0.2) is 5.78 Å². The summed E-state index contributed by atoms with van der Waals surface area (Å²) < 4.78 is 14.0. The first kappa shape index (κ1) is 16.4. The van der Waals surface area contributed by atoms with Crippen molar-refractivity contribution in [2.75, 3.05) is 0 Å². The van der Waals surface area contributed by atoms with E-state index in [9.17, 15) is 24.3 Å². The predicted molar refractivity (Wildman–Crippen MR) is 81.9 cm³/mol. The second kappa shape index (κ2) is 6.44. The zero-order valence-corrected chi connectivity index (χ0v) is 12.8. The average molecular weight is 314 g/mol. The molecule has 0 aliphatic carbocycles. The highest BCUT2D eigenvalue weighted by Gasteiger charge is 2.24. The van der Waals surface area contributed by atoms with Gasteiger partial charge in [-0.15, -0.1) is 0 Å². The fraction of sp³-hybridized carbons (Fsp3) is 0.235. The highest BCUT2D eigenvalue weighted by atomic mass is 19.1. The third-order valence-corrected chi connectivity index (χ3v) is 3.58. The van der Waals surface area contributed by atoms with Gasteiger partial charge in [0.05, 0.1) is 5.56 Å². The molecule has 0 unspecified atom stereocenters. The minimum absolute atomic E-state index is 0.110. The van der Waals surface area contributed by atoms with Crippen molar-refractivity contribution in [3.05, 3.63) is 62.7 Å². The van der Waals surface area contributed by atoms with Gasteiger partial charge in [0, 0.05) is 12.1 Å². The van der Waals surface area contributed by atoms with Crippen molar-refractivity contribution in [2.45, 2.75) is 26.8 Å². The third-order valence-electron chi connectivity index (χ3n) is 3.58. The molecule has 0 saturated heterocycles. The molecule has 0 spiro atoms. The number of pyridine rings is 1. The second-order valence-corrected chi connectivity index (χ2v) is 5.10. The maximum Gasteiger partial charge on any atom is 0.271 e. The van der Waals surface area contributed by atoms with E-state index in [-0.39, 0.29) is 28.8 Å². The minimum atomic E-state index is -0.625. The lowest BCUT2D eigenvalue weighted by Crippen LogP contribution is -2.26. The summed E-state index contributed by atoms with van der Waals surface area (Å²) >= 11 is 0. The van der Waals surface area contributed by atoms with Crippen LogP contribution in [0.1, 0.15) is 40.4 Å². The molecular formula is C17H15FN2O3. The van der Waals surface area contributed by atoms with E-state index in [0.29, 0.717) is 6.42 Å². The van der Waals surface area contributed by atoms with Gasteiger partial charge in [0.2, 0.25) is 5.88 Å². The number of ketones is 1. The Labute approximate surface area is 132 Å². The van der Waals surface area contributed by atoms with Crippen LogP contribution in [0, 0.1) is 24.1 Å². The standard InChI is InChI=1S/C17H15FN2O3/c1-3-8-20-16(22)13(9-19)10(2)14(17(20)23)15(21)11-4-6-12(18)7-5-11/h4-7,23H,3,8H2,1-2H3. The highest BCUT2D eigenvalue weighted by Crippen LogP contribution is 2.25. The Bertz CT molecular complexity index is 861. The molecule has 0 radical (unpaired) electrons. The van der Waals surface area contributed by atoms with Crippen LogP contribution in [0.15, 0.2) is 29.1 Å². The van der Waals surface area contributed by atoms with E-state index in [1.807, 2.05) is 0 Å². The van der Waals surface area contributed by atoms with Crippen molar-refractivity contribution < 1.29 is 14.3 Å². The van der Waals surface area contributed by atoms with Crippen LogP contribution >= 0.6 is 0 Å². The second-order valence-electron chi connectivity index (χ2n) is 5.10. The molecular weight excluding hydrogens is 299 g/mol. The number of aromatic hydroxyl groups is 1. The lowest BCUT2D eigenvalue weighted by Gasteiger charge is -2.15. The SMILES string of the molecule is CCCn1c(O)c(C(=O)c2ccc(F)cc2)c(C)c(C#N)c1=O. The predicted octanol–water partition coefficient (Wildman–Crippen LogP) is 2.51. The van der Waals surface area contributed by atoms with Crippen molar-refractivity contribution >= 4 is 5.78 Å². The Morgan fingerprint density at radius 2 is 1.96 bits per heavy atom. The van der Waals surface area contributed by atoms with Crippen LogP contribution in [-0.4, -0.2) is 15.5 Å². The Morgan fingerprint density at radius 1 is 1.35 bits per heavy atom. The summed E-state index contributed by atoms with van der Waals surface area (Å²) in [5.74, 6) is -1.53. The summed E-state index contributed by atoms with van der Waals surface area (Å²) in [5, 5.41) is 19.5. The van der Waals surface area contributed by atoms with Gasteiger partial charge in [-0.1, -0.05) is 6.92 Å². The molecule has 0 amide bonds. The minimum Gasteiger partial charge on any atom is -0.494 e. The monoisotopic (exact) mass is 314 g/mol. The van der Waals surface area contributed by atoms with Crippen molar-refractivity contribution in [1.82, 2.24) is 4.57 Å². The van der Waals surface area contributed by atoms with E-state index in [0.717, 1.165) is 16.7 Å². The lowest BCUT2D eigenvalue weighted by molar-refractivity contribution is 0.103. The molecule has 5 nitrogen and oxygen atoms in total. The Hall–Kier alpha value is -2.94. The molecule has 1 heterocycles. The van der Waals surface area contributed by atoms with Crippen LogP contribution in [0.4, 0.5) is 4.39 Å². The fourth-order valence-corrected chi connectivity index (χ4v) is 2.40. The summed E-state index contributed by atoms with van der Waals surface area (Å²) in [4.78, 5) is 24.8. The Balaban J connectivity index is 2.73. The van der Waals surface area contributed by atoms with E-state index < -0.39 is 23.0 Å². The van der Waals surface area contributed by atoms with E-state index in [4.69, 9.17) is 0 Å². The van der Waals surface area contributed by atoms with E-state index >= 15 is 0 Å². The number of carbonyl (C=O) groups excluding carboxylic acids is 1. The number of nitriles is 1. The third kappa shape index (κ3) is 2.86. The van der Waals surface area contributed by atoms with Gasteiger partial charge in [-0.25, -0.2) is 4.39 Å². The number of benzene rings is 1. The van der Waals surface area contributed by atoms with Gasteiger partial charge in [0.25, 0.3) is 5.56 Å². The van der Waals surface area contributed by atoms with Crippen LogP contribution in [0.3, 0.4) is 0 Å². The Kier molecular flexibility index (Phi) is 4.60. The molecule has 118 valence electrons. The van der Waals surface area contributed by atoms with Gasteiger partial charge >= 0.3 is 0 Å². The van der Waals surface area contributed by atoms with Gasteiger partial charge in [-0.3, -0.25) is 14.2 Å². The number of nitrogens with zero attached hydrogens (tertiary/aromatic N) is 2. The maximum absolute atomic E-state index is 13.0. The largest absolute Gasteiger partial charge is 0.494 e. The van der Waals surface area contributed by atoms with Crippen molar-refractivity contribution in [3.63, 3.8) is 0 Å². The highest BCUT2D eigenvalue weighted by molar-refractivity contribution is 6.11. The zero-order valence-electron chi connectivity index (χ0n) is 12.8. The summed E-state index contributed by atoms with van der Waals surface area (Å²) in [7, 11) is 0. The average Bonchev–Trinajstić information content (AvgIpc) is 2.52. The molecule has 2 rings (SSSR count). The quantitative estimate of drug-likeness (QED) is 0.879. The van der Waals surface area contributed by atoms with Crippen LogP contribution < -0.4 is 5.56 Å². The number of carbonyl (C=O) groups is 1. The summed E-state index contributed by atoms with van der Waals surface area (Å²) in [5.41, 5.74) is -0.630. The maximum atomic E-state index is 13.0. The van der Waals surface area contributed by atoms with Crippen LogP contribution in [0.25, 0.3) is 0 Å². The fourth-order valence-electron chi connectivity index (χ4n) is 2.40. The molecule has 23 heavy (non-hydrogen) atoms. The van der Waals surface area contributed by atoms with E-state index in [1.165, 1.54) is 19.1 Å². The first-order chi connectivity index (χ1) is 10.9. The molecule has 0 bridgehead atoms. The van der Waals surface area contributed by atoms with Crippen molar-refractivity contribution in [3.8, 4) is 11.9 Å². The van der Waals surface area contributed by atoms with Gasteiger partial charge < -0.3 is 5.11 Å². The normalized spacial score (nSPS) is 10.3. The van der Waals surface area contributed by atoms with Crippen LogP contribution in [0.2, 0.25) is 0 Å². The van der Waals surface area contributed by atoms with Gasteiger partial charge in [-0.2, -0.15) is 5.26 Å². The first-order valence-electron chi connectivity index (χ1n) is 7.09. The topological polar surface area (TPSA) is 83.1 Å². The molecule has 1 aromatic heterocycles. The number of rotatable bonds is 4. The molecule has 6 heteroatoms. The molecule has 2 aromatic rings. The summed E-state index contributed by atoms with van der Waals surface area (Å²) in [6.45, 7) is 3.43. The summed E-state index contributed by atoms with van der Waals surface area (Å²) in [6.07, 6.45) is 0.547. The number of aromatic nitrogens is 1. The van der Waals surface area contributed by atoms with Crippen molar-refractivity contribution in [1.29, 1.82) is 5.26 Å². The van der Waals surface area contributed by atoms with E-state index in [2.05, 4.69) is 0 Å². The Morgan fingerprint density at radius 3 is 2.48 bits per heavy atom. The first-order valence-corrected chi connectivity index (χ1v) is 7.09. The van der Waals surface area contributed by atoms with Crippen LogP contribution in [0.5, 0.6) is 5.88 Å². The number of halogens is 1. The molecule has 1 N–H and O–H groups in total. The number of hydrogen-bond donors (Lipinski definition) is 1. The van der Waals surface area contributed by atoms with Gasteiger partial charge in [-0.05, 0) is 43.2 Å². The molecule has 0 atom stereocenters. The zero-order chi connectivity index (χ0) is 17.1. The molecule has 1 aromatic carbocycles. The number of hydrogen-bond acceptors (Lipinski definition) is 4. The molecule has 0 saturated carbocycles. The molecule has 0 aliphatic rings. The van der Waals surface area contributed by atoms with E-state index in [1.54, 1.807) is 13.0 Å². The molecule has 0 fully saturated rings. The summed E-state index contributed by atoms with van der Waals surface area (Å²) in [6, 6.07) is 6.63. The molecule has 0 aliphatic heterocycles. The lowest BCUT2D eigenvalue weighted by atomic mass is 9.97. The van der Waals surface area contributed by atoms with Gasteiger partial charge in [0.1, 0.15) is 17.4 Å². The van der Waals surface area contributed by atoms with Crippen molar-refractivity contribution in [2.24, 2.45) is 0 Å². The smallest absolute Gasteiger partial charge is 0.271 e. The van der Waals surface area contributed by atoms with Crippen LogP contribution in [-0.2, 0) is 6.54 Å².